The van der Waals surface area contributed by atoms with E-state index in [0.717, 1.165) is 11.1 Å². The Morgan fingerprint density at radius 3 is 2.17 bits per heavy atom. The molecule has 0 radical (unpaired) electrons. The van der Waals surface area contributed by atoms with Gasteiger partial charge in [-0.25, -0.2) is 4.98 Å². The van der Waals surface area contributed by atoms with E-state index in [2.05, 4.69) is 34.6 Å². The molecule has 1 aliphatic carbocycles. The predicted octanol–water partition coefficient (Wildman–Crippen LogP) is 5.54. The SMILES string of the molecule is CC1=C(C)C(C)(c2nc3c(O)cccc3cc2Cl)C(C)=C1C.[Ir+3]. The first-order chi connectivity index (χ1) is 10.3. The van der Waals surface area contributed by atoms with Gasteiger partial charge in [-0.15, -0.1) is 0 Å². The Kier molecular flexibility index (Phi) is 4.78. The molecule has 3 rings (SSSR count). The second-order valence-electron chi connectivity index (χ2n) is 6.29. The minimum absolute atomic E-state index is 0. The molecule has 1 N–H and O–H groups in total. The monoisotopic (exact) mass is 506 g/mol. The molecule has 120 valence electrons. The van der Waals surface area contributed by atoms with E-state index in [-0.39, 0.29) is 31.3 Å². The predicted molar refractivity (Wildman–Crippen MR) is 92.5 cm³/mol. The van der Waals surface area contributed by atoms with Crippen LogP contribution in [0.5, 0.6) is 5.75 Å². The van der Waals surface area contributed by atoms with Crippen LogP contribution in [0.2, 0.25) is 5.02 Å². The molecule has 0 amide bonds. The number of phenolic OH excluding ortho intramolecular Hbond substituents is 1. The number of nitrogens with zero attached hydrogens (tertiary/aromatic N) is 1. The number of allylic oxidation sites excluding steroid dienone is 4. The van der Waals surface area contributed by atoms with Crippen LogP contribution in [-0.4, -0.2) is 10.1 Å². The molecule has 23 heavy (non-hydrogen) atoms. The number of rotatable bonds is 1. The van der Waals surface area contributed by atoms with Gasteiger partial charge in [-0.3, -0.25) is 0 Å². The van der Waals surface area contributed by atoms with Gasteiger partial charge < -0.3 is 5.11 Å². The van der Waals surface area contributed by atoms with E-state index in [0.29, 0.717) is 10.5 Å². The number of phenols is 1. The molecule has 0 saturated heterocycles. The summed E-state index contributed by atoms with van der Waals surface area (Å²) < 4.78 is 0. The number of fused-ring (bicyclic) bond motifs is 1. The Hall–Kier alpha value is -1.15. The summed E-state index contributed by atoms with van der Waals surface area (Å²) in [6.45, 7) is 10.7. The van der Waals surface area contributed by atoms with Crippen LogP contribution in [0, 0.1) is 0 Å². The van der Waals surface area contributed by atoms with E-state index in [9.17, 15) is 5.11 Å². The van der Waals surface area contributed by atoms with Crippen LogP contribution >= 0.6 is 11.6 Å². The number of benzene rings is 1. The summed E-state index contributed by atoms with van der Waals surface area (Å²) in [6.07, 6.45) is 0. The summed E-state index contributed by atoms with van der Waals surface area (Å²) in [5.41, 5.74) is 6.24. The third-order valence-electron chi connectivity index (χ3n) is 5.44. The van der Waals surface area contributed by atoms with Crippen molar-refractivity contribution in [1.82, 2.24) is 4.98 Å². The van der Waals surface area contributed by atoms with Crippen molar-refractivity contribution < 1.29 is 25.2 Å². The van der Waals surface area contributed by atoms with Gasteiger partial charge in [0.15, 0.2) is 0 Å². The summed E-state index contributed by atoms with van der Waals surface area (Å²) in [6, 6.07) is 7.27. The normalized spacial score (nSPS) is 17.0. The van der Waals surface area contributed by atoms with E-state index in [4.69, 9.17) is 16.6 Å². The summed E-state index contributed by atoms with van der Waals surface area (Å²) >= 11 is 6.56. The van der Waals surface area contributed by atoms with Crippen molar-refractivity contribution in [2.24, 2.45) is 0 Å². The fourth-order valence-electron chi connectivity index (χ4n) is 3.46. The fraction of sp³-hybridized carbons (Fsp3) is 0.316. The van der Waals surface area contributed by atoms with Crippen molar-refractivity contribution in [2.45, 2.75) is 40.0 Å². The van der Waals surface area contributed by atoms with Gasteiger partial charge in [-0.1, -0.05) is 34.9 Å². The van der Waals surface area contributed by atoms with Gasteiger partial charge in [0, 0.05) is 5.39 Å². The average molecular weight is 506 g/mol. The Labute approximate surface area is 155 Å². The van der Waals surface area contributed by atoms with Crippen molar-refractivity contribution in [2.75, 3.05) is 0 Å². The molecule has 0 saturated carbocycles. The summed E-state index contributed by atoms with van der Waals surface area (Å²) in [7, 11) is 0. The number of halogens is 1. The van der Waals surface area contributed by atoms with Gasteiger partial charge in [0.1, 0.15) is 11.3 Å². The van der Waals surface area contributed by atoms with Gasteiger partial charge in [0.2, 0.25) is 0 Å². The number of aromatic hydroxyl groups is 1. The van der Waals surface area contributed by atoms with Crippen LogP contribution in [0.15, 0.2) is 46.6 Å². The quantitative estimate of drug-likeness (QED) is 0.552. The van der Waals surface area contributed by atoms with E-state index in [1.54, 1.807) is 12.1 Å². The number of hydrogen-bond donors (Lipinski definition) is 1. The van der Waals surface area contributed by atoms with Gasteiger partial charge in [-0.2, -0.15) is 0 Å². The molecule has 0 aliphatic heterocycles. The summed E-state index contributed by atoms with van der Waals surface area (Å²) in [4.78, 5) is 4.75. The molecule has 2 aromatic rings. The molecule has 0 spiro atoms. The maximum atomic E-state index is 10.1. The molecule has 1 aromatic carbocycles. The van der Waals surface area contributed by atoms with E-state index >= 15 is 0 Å². The van der Waals surface area contributed by atoms with Crippen molar-refractivity contribution >= 4 is 22.5 Å². The molecule has 1 aliphatic rings. The molecule has 2 nitrogen and oxygen atoms in total. The van der Waals surface area contributed by atoms with Crippen LogP contribution in [0.25, 0.3) is 10.9 Å². The first kappa shape index (κ1) is 18.2. The second kappa shape index (κ2) is 6.05. The van der Waals surface area contributed by atoms with E-state index in [1.165, 1.54) is 22.3 Å². The van der Waals surface area contributed by atoms with Crippen LogP contribution in [-0.2, 0) is 25.5 Å². The zero-order valence-electron chi connectivity index (χ0n) is 13.9. The van der Waals surface area contributed by atoms with Crippen LogP contribution in [0.1, 0.15) is 40.3 Å². The van der Waals surface area contributed by atoms with Crippen molar-refractivity contribution in [3.8, 4) is 5.75 Å². The standard InChI is InChI=1S/C19H20ClNO.Ir/c1-10-11(2)13(4)19(5,12(10)3)18-15(20)9-14-7-6-8-16(22)17(14)21-18;/h6-9,22H,1-5H3;/q;+3. The number of para-hydroxylation sites is 1. The number of aromatic nitrogens is 1. The fourth-order valence-corrected chi connectivity index (χ4v) is 3.81. The van der Waals surface area contributed by atoms with Crippen molar-refractivity contribution in [3.63, 3.8) is 0 Å². The zero-order chi connectivity index (χ0) is 16.2. The van der Waals surface area contributed by atoms with Crippen LogP contribution in [0.4, 0.5) is 0 Å². The molecule has 1 aromatic heterocycles. The molecule has 4 heteroatoms. The summed E-state index contributed by atoms with van der Waals surface area (Å²) in [5, 5.41) is 11.6. The second-order valence-corrected chi connectivity index (χ2v) is 6.70. The molecular weight excluding hydrogens is 486 g/mol. The van der Waals surface area contributed by atoms with Gasteiger partial charge in [-0.05, 0) is 57.9 Å². The zero-order valence-corrected chi connectivity index (χ0v) is 17.1. The smallest absolute Gasteiger partial charge is 0.506 e. The Morgan fingerprint density at radius 2 is 1.61 bits per heavy atom. The Morgan fingerprint density at radius 1 is 1.04 bits per heavy atom. The van der Waals surface area contributed by atoms with Crippen molar-refractivity contribution in [3.05, 3.63) is 57.3 Å². The van der Waals surface area contributed by atoms with Gasteiger partial charge in [0.25, 0.3) is 0 Å². The first-order valence-electron chi connectivity index (χ1n) is 7.43. The molecular formula is C19H20ClIrNO+3. The van der Waals surface area contributed by atoms with Crippen LogP contribution in [0.3, 0.4) is 0 Å². The topological polar surface area (TPSA) is 33.1 Å². The number of hydrogen-bond acceptors (Lipinski definition) is 2. The third kappa shape index (κ3) is 2.46. The Bertz CT molecular complexity index is 843. The minimum atomic E-state index is -0.318. The van der Waals surface area contributed by atoms with Crippen molar-refractivity contribution in [1.29, 1.82) is 0 Å². The van der Waals surface area contributed by atoms with Crippen LogP contribution < -0.4 is 0 Å². The van der Waals surface area contributed by atoms with E-state index < -0.39 is 0 Å². The van der Waals surface area contributed by atoms with Gasteiger partial charge in [0.05, 0.1) is 16.1 Å². The third-order valence-corrected chi connectivity index (χ3v) is 5.73. The minimum Gasteiger partial charge on any atom is -0.506 e. The molecule has 1 heterocycles. The maximum absolute atomic E-state index is 10.1. The molecule has 0 atom stereocenters. The summed E-state index contributed by atoms with van der Waals surface area (Å²) in [5.74, 6) is 0.189. The Balaban J connectivity index is 0.00000192. The van der Waals surface area contributed by atoms with E-state index in [1.807, 2.05) is 12.1 Å². The number of pyridine rings is 1. The maximum Gasteiger partial charge on any atom is 3.00 e. The molecule has 0 bridgehead atoms. The molecule has 0 unspecified atom stereocenters. The first-order valence-corrected chi connectivity index (χ1v) is 7.81. The average Bonchev–Trinajstić information content (AvgIpc) is 2.63. The van der Waals surface area contributed by atoms with Gasteiger partial charge >= 0.3 is 20.1 Å². The largest absolute Gasteiger partial charge is 3.00 e. The molecule has 0 fully saturated rings.